The molecular weight excluding hydrogens is 536 g/mol. The number of likely N-dealkylation sites (N-methyl/N-ethyl adjacent to an activating group) is 1. The molecule has 0 radical (unpaired) electrons. The lowest BCUT2D eigenvalue weighted by Crippen LogP contribution is -2.25. The average Bonchev–Trinajstić information content (AvgIpc) is 3.40. The van der Waals surface area contributed by atoms with Crippen LogP contribution in [0.1, 0.15) is 55.9 Å². The fraction of sp³-hybridized carbons (Fsp3) is 0.333. The van der Waals surface area contributed by atoms with Crippen LogP contribution < -0.4 is 4.90 Å². The monoisotopic (exact) mass is 573 g/mol. The van der Waals surface area contributed by atoms with Crippen molar-refractivity contribution in [1.82, 2.24) is 0 Å². The molecule has 3 atom stereocenters. The van der Waals surface area contributed by atoms with Crippen molar-refractivity contribution in [2.24, 2.45) is 0 Å². The zero-order chi connectivity index (χ0) is 30.5. The van der Waals surface area contributed by atoms with Crippen molar-refractivity contribution in [3.8, 4) is 6.07 Å². The van der Waals surface area contributed by atoms with Crippen LogP contribution in [0, 0.1) is 17.9 Å². The number of rotatable bonds is 10. The molecule has 3 unspecified atom stereocenters. The molecule has 0 heterocycles. The van der Waals surface area contributed by atoms with Crippen LogP contribution in [0.25, 0.3) is 10.4 Å². The van der Waals surface area contributed by atoms with E-state index in [1.807, 2.05) is 72.8 Å². The van der Waals surface area contributed by atoms with E-state index in [-0.39, 0.29) is 23.6 Å². The summed E-state index contributed by atoms with van der Waals surface area (Å²) in [4.78, 5) is 18.9. The lowest BCUT2D eigenvalue weighted by atomic mass is 9.80. The molecule has 0 saturated carbocycles. The normalized spacial score (nSPS) is 19.6. The highest BCUT2D eigenvalue weighted by Crippen LogP contribution is 2.44. The maximum atomic E-state index is 13.1. The zero-order valence-corrected chi connectivity index (χ0v) is 25.0. The molecule has 0 spiro atoms. The topological polar surface area (TPSA) is 80.9 Å². The van der Waals surface area contributed by atoms with Crippen LogP contribution >= 0.6 is 0 Å². The van der Waals surface area contributed by atoms with Gasteiger partial charge in [-0.3, -0.25) is 9.64 Å². The van der Waals surface area contributed by atoms with Crippen LogP contribution in [0.2, 0.25) is 0 Å². The molecule has 0 bridgehead atoms. The third-order valence-corrected chi connectivity index (χ3v) is 8.66. The minimum atomic E-state index is -0.704. The Bertz CT molecular complexity index is 1610. The minimum Gasteiger partial charge on any atom is -0.506 e. The fourth-order valence-electron chi connectivity index (χ4n) is 6.27. The summed E-state index contributed by atoms with van der Waals surface area (Å²) in [6, 6.07) is 17.2. The quantitative estimate of drug-likeness (QED) is 0.204. The van der Waals surface area contributed by atoms with Crippen molar-refractivity contribution in [3.05, 3.63) is 118 Å². The fourth-order valence-corrected chi connectivity index (χ4v) is 6.27. The predicted molar refractivity (Wildman–Crippen MR) is 169 cm³/mol. The van der Waals surface area contributed by atoms with E-state index in [9.17, 15) is 15.2 Å². The number of allylic oxidation sites excluding steroid dienone is 7. The molecule has 0 fully saturated rings. The van der Waals surface area contributed by atoms with Gasteiger partial charge in [-0.05, 0) is 73.7 Å². The van der Waals surface area contributed by atoms with Gasteiger partial charge >= 0.3 is 6.04 Å². The van der Waals surface area contributed by atoms with Crippen LogP contribution in [-0.4, -0.2) is 60.0 Å². The number of anilines is 1. The Morgan fingerprint density at radius 3 is 2.30 bits per heavy atom. The molecule has 3 aliphatic carbocycles. The van der Waals surface area contributed by atoms with Gasteiger partial charge in [0.1, 0.15) is 18.9 Å². The molecule has 0 saturated heterocycles. The van der Waals surface area contributed by atoms with Gasteiger partial charge in [0.05, 0.1) is 23.2 Å². The van der Waals surface area contributed by atoms with Crippen LogP contribution in [0.3, 0.4) is 0 Å². The highest BCUT2D eigenvalue weighted by molar-refractivity contribution is 6.39. The summed E-state index contributed by atoms with van der Waals surface area (Å²) in [5, 5.41) is 20.3. The average molecular weight is 574 g/mol. The predicted octanol–water partition coefficient (Wildman–Crippen LogP) is 6.34. The van der Waals surface area contributed by atoms with Gasteiger partial charge in [0.15, 0.2) is 18.3 Å². The minimum absolute atomic E-state index is 0.0427. The first-order chi connectivity index (χ1) is 20.9. The number of carbonyl (C=O) groups excluding carboxylic acids is 1. The maximum Gasteiger partial charge on any atom is 0.314 e. The molecule has 0 amide bonds. The van der Waals surface area contributed by atoms with Gasteiger partial charge in [-0.1, -0.05) is 36.4 Å². The maximum absolute atomic E-state index is 13.1. The number of aliphatic hydroxyl groups excluding tert-OH is 1. The molecule has 5 rings (SSSR count). The van der Waals surface area contributed by atoms with Gasteiger partial charge < -0.3 is 14.7 Å². The number of aliphatic hydroxyl groups is 1. The molecule has 2 aromatic carbocycles. The van der Waals surface area contributed by atoms with Gasteiger partial charge in [-0.25, -0.2) is 11.1 Å². The molecule has 0 aromatic heterocycles. The molecule has 218 valence electrons. The summed E-state index contributed by atoms with van der Waals surface area (Å²) >= 11 is 0. The Hall–Kier alpha value is -4.72. The van der Waals surface area contributed by atoms with Crippen molar-refractivity contribution in [3.63, 3.8) is 0 Å². The number of hydrogen-bond acceptors (Lipinski definition) is 5. The van der Waals surface area contributed by atoms with E-state index in [2.05, 4.69) is 41.2 Å². The van der Waals surface area contributed by atoms with E-state index in [1.54, 1.807) is 0 Å². The van der Waals surface area contributed by atoms with Crippen molar-refractivity contribution in [2.45, 2.75) is 45.3 Å². The molecule has 0 aliphatic heterocycles. The Morgan fingerprint density at radius 2 is 1.72 bits per heavy atom. The van der Waals surface area contributed by atoms with E-state index in [0.717, 1.165) is 47.7 Å². The summed E-state index contributed by atoms with van der Waals surface area (Å²) < 4.78 is 8.51. The molecule has 43 heavy (non-hydrogen) atoms. The summed E-state index contributed by atoms with van der Waals surface area (Å²) in [7, 11) is 0. The highest BCUT2D eigenvalue weighted by Gasteiger charge is 2.40. The highest BCUT2D eigenvalue weighted by atomic mass is 16.5. The third-order valence-electron chi connectivity index (χ3n) is 8.66. The van der Waals surface area contributed by atoms with E-state index in [1.165, 1.54) is 0 Å². The molecule has 1 N–H and O–H groups in total. The number of nitriles is 1. The first kappa shape index (κ1) is 29.8. The van der Waals surface area contributed by atoms with Crippen LogP contribution in [0.15, 0.2) is 89.7 Å². The number of carbonyl (C=O) groups is 1. The van der Waals surface area contributed by atoms with E-state index in [4.69, 9.17) is 11.3 Å². The van der Waals surface area contributed by atoms with Crippen LogP contribution in [0.5, 0.6) is 0 Å². The number of nitrogens with zero attached hydrogens (tertiary/aromatic N) is 4. The standard InChI is InChI=1S/C36H36N4O3/c1-5-39(6-2)26-16-12-24(13-17-26)33-35(41)34(36(33)42)25-14-18-27(19-15-25)40(7-3)20-21-43-32-22-30(31(23-37)38-4)28-10-8-9-11-29(28)32/h8-19,30-32H,5-7,20-22H2,1-3H3/p+1. The summed E-state index contributed by atoms with van der Waals surface area (Å²) in [6.45, 7) is 17.5. The van der Waals surface area contributed by atoms with E-state index >= 15 is 0 Å². The zero-order valence-electron chi connectivity index (χ0n) is 25.0. The van der Waals surface area contributed by atoms with Gasteiger partial charge in [0, 0.05) is 30.9 Å². The van der Waals surface area contributed by atoms with Gasteiger partial charge in [-0.15, -0.1) is 0 Å². The first-order valence-corrected chi connectivity index (χ1v) is 15.0. The smallest absolute Gasteiger partial charge is 0.314 e. The second kappa shape index (κ2) is 13.1. The molecular formula is C36H37N4O3+. The number of hydrogen-bond donors (Lipinski definition) is 1. The summed E-state index contributed by atoms with van der Waals surface area (Å²) in [5.74, 6) is -0.238. The number of benzene rings is 2. The second-order valence-electron chi connectivity index (χ2n) is 10.8. The van der Waals surface area contributed by atoms with Crippen molar-refractivity contribution >= 4 is 22.8 Å². The lowest BCUT2D eigenvalue weighted by molar-refractivity contribution is -0.526. The Morgan fingerprint density at radius 1 is 1.05 bits per heavy atom. The molecule has 3 aliphatic rings. The van der Waals surface area contributed by atoms with Gasteiger partial charge in [0.2, 0.25) is 5.78 Å². The van der Waals surface area contributed by atoms with E-state index < -0.39 is 6.04 Å². The molecule has 7 nitrogen and oxygen atoms in total. The SMILES string of the molecule is [C-]#[N+]C(C#N)C1CC(OCC[N+](CC)=C2C=CC(=C3C(=O)C(c4ccc(N(CC)CC)cc4)=C3O)C=C2)c2ccccc21. The summed E-state index contributed by atoms with van der Waals surface area (Å²) in [5.41, 5.74) is 6.34. The first-order valence-electron chi connectivity index (χ1n) is 15.0. The van der Waals surface area contributed by atoms with E-state index in [0.29, 0.717) is 36.3 Å². The van der Waals surface area contributed by atoms with Crippen molar-refractivity contribution in [2.75, 3.05) is 37.7 Å². The second-order valence-corrected chi connectivity index (χ2v) is 10.8. The van der Waals surface area contributed by atoms with Gasteiger partial charge in [-0.2, -0.15) is 5.26 Å². The molecule has 7 heteroatoms. The number of ether oxygens (including phenoxy) is 1. The van der Waals surface area contributed by atoms with Crippen molar-refractivity contribution in [1.29, 1.82) is 5.26 Å². The largest absolute Gasteiger partial charge is 0.506 e. The van der Waals surface area contributed by atoms with Gasteiger partial charge in [0.25, 0.3) is 0 Å². The number of Topliss-reactive ketones (excluding diaryl/α,β-unsaturated/α-hetero) is 1. The van der Waals surface area contributed by atoms with Crippen molar-refractivity contribution < 1.29 is 19.2 Å². The number of ketones is 1. The Kier molecular flexibility index (Phi) is 9.04. The third kappa shape index (κ3) is 5.69. The number of fused-ring (bicyclic) bond motifs is 1. The summed E-state index contributed by atoms with van der Waals surface area (Å²) in [6.07, 6.45) is 8.19. The Balaban J connectivity index is 1.26. The van der Waals surface area contributed by atoms with Crippen LogP contribution in [-0.2, 0) is 9.53 Å². The van der Waals surface area contributed by atoms with Crippen LogP contribution in [0.4, 0.5) is 5.69 Å². The lowest BCUT2D eigenvalue weighted by Gasteiger charge is -2.25. The Labute approximate surface area is 253 Å². The molecule has 2 aromatic rings.